The van der Waals surface area contributed by atoms with Crippen LogP contribution in [0.15, 0.2) is 22.6 Å². The lowest BCUT2D eigenvalue weighted by molar-refractivity contribution is -0.157. The molecule has 0 unspecified atom stereocenters. The van der Waals surface area contributed by atoms with Crippen LogP contribution >= 0.6 is 0 Å². The zero-order valence-corrected chi connectivity index (χ0v) is 11.0. The molecule has 1 aliphatic heterocycles. The van der Waals surface area contributed by atoms with Crippen LogP contribution in [0.1, 0.15) is 18.4 Å². The number of nitrogens with zero attached hydrogens (tertiary/aromatic N) is 1. The molecule has 0 bridgehead atoms. The van der Waals surface area contributed by atoms with Crippen molar-refractivity contribution in [2.45, 2.75) is 20.4 Å². The van der Waals surface area contributed by atoms with Gasteiger partial charge in [-0.15, -0.1) is 0 Å². The normalized spacial score (nSPS) is 17.2. The predicted octanol–water partition coefficient (Wildman–Crippen LogP) is 1.79. The summed E-state index contributed by atoms with van der Waals surface area (Å²) in [5, 5.41) is 2.85. The summed E-state index contributed by atoms with van der Waals surface area (Å²) >= 11 is 0. The number of para-hydroxylation sites is 1. The van der Waals surface area contributed by atoms with Crippen LogP contribution in [0.25, 0.3) is 11.1 Å². The van der Waals surface area contributed by atoms with Gasteiger partial charge in [-0.1, -0.05) is 12.1 Å². The minimum atomic E-state index is -0.401. The van der Waals surface area contributed by atoms with E-state index in [0.29, 0.717) is 25.6 Å². The van der Waals surface area contributed by atoms with Crippen LogP contribution in [0.3, 0.4) is 0 Å². The van der Waals surface area contributed by atoms with Gasteiger partial charge in [-0.2, -0.15) is 0 Å². The van der Waals surface area contributed by atoms with Crippen LogP contribution in [0.4, 0.5) is 0 Å². The number of oxazole rings is 1. The SMILES string of the molecule is Cc1cccc2oc(CNC(=O)C3(C)COC3)nc12. The third-order valence-corrected chi connectivity index (χ3v) is 3.45. The van der Waals surface area contributed by atoms with E-state index in [1.54, 1.807) is 0 Å². The summed E-state index contributed by atoms with van der Waals surface area (Å²) in [6, 6.07) is 5.79. The predicted molar refractivity (Wildman–Crippen MR) is 69.5 cm³/mol. The molecule has 0 radical (unpaired) electrons. The van der Waals surface area contributed by atoms with Crippen molar-refractivity contribution < 1.29 is 13.9 Å². The van der Waals surface area contributed by atoms with E-state index in [2.05, 4.69) is 10.3 Å². The largest absolute Gasteiger partial charge is 0.439 e. The lowest BCUT2D eigenvalue weighted by Gasteiger charge is -2.36. The third kappa shape index (κ3) is 2.10. The summed E-state index contributed by atoms with van der Waals surface area (Å²) in [6.07, 6.45) is 0. The number of benzene rings is 1. The van der Waals surface area contributed by atoms with Gasteiger partial charge < -0.3 is 14.5 Å². The van der Waals surface area contributed by atoms with Crippen molar-refractivity contribution in [1.82, 2.24) is 10.3 Å². The maximum Gasteiger partial charge on any atom is 0.231 e. The molecule has 1 saturated heterocycles. The molecule has 2 heterocycles. The monoisotopic (exact) mass is 260 g/mol. The fraction of sp³-hybridized carbons (Fsp3) is 0.429. The van der Waals surface area contributed by atoms with Gasteiger partial charge in [0.05, 0.1) is 25.2 Å². The van der Waals surface area contributed by atoms with Crippen LogP contribution in [0, 0.1) is 12.3 Å². The molecule has 1 aromatic carbocycles. The van der Waals surface area contributed by atoms with Gasteiger partial charge in [0.15, 0.2) is 5.58 Å². The molecule has 1 amide bonds. The number of hydrogen-bond acceptors (Lipinski definition) is 4. The standard InChI is InChI=1S/C14H16N2O3/c1-9-4-3-5-10-12(9)16-11(19-10)6-15-13(17)14(2)7-18-8-14/h3-5H,6-8H2,1-2H3,(H,15,17). The molecule has 1 aliphatic rings. The number of aromatic nitrogens is 1. The molecule has 1 aromatic heterocycles. The molecule has 5 heteroatoms. The fourth-order valence-electron chi connectivity index (χ4n) is 2.12. The van der Waals surface area contributed by atoms with Crippen molar-refractivity contribution in [2.24, 2.45) is 5.41 Å². The minimum absolute atomic E-state index is 0.0160. The number of hydrogen-bond donors (Lipinski definition) is 1. The zero-order valence-electron chi connectivity index (χ0n) is 11.0. The summed E-state index contributed by atoms with van der Waals surface area (Å²) in [5.74, 6) is 0.513. The molecule has 5 nitrogen and oxygen atoms in total. The molecule has 1 fully saturated rings. The topological polar surface area (TPSA) is 64.4 Å². The number of fused-ring (bicyclic) bond motifs is 1. The molecule has 100 valence electrons. The van der Waals surface area contributed by atoms with Gasteiger partial charge in [0.1, 0.15) is 5.52 Å². The first-order valence-corrected chi connectivity index (χ1v) is 6.30. The number of nitrogens with one attached hydrogen (secondary N) is 1. The van der Waals surface area contributed by atoms with Crippen molar-refractivity contribution >= 4 is 17.0 Å². The Labute approximate surface area is 111 Å². The summed E-state index contributed by atoms with van der Waals surface area (Å²) in [4.78, 5) is 16.3. The Hall–Kier alpha value is -1.88. The van der Waals surface area contributed by atoms with E-state index in [0.717, 1.165) is 16.7 Å². The number of carbonyl (C=O) groups is 1. The van der Waals surface area contributed by atoms with E-state index >= 15 is 0 Å². The second-order valence-corrected chi connectivity index (χ2v) is 5.27. The molecule has 0 atom stereocenters. The number of aryl methyl sites for hydroxylation is 1. The highest BCUT2D eigenvalue weighted by molar-refractivity contribution is 5.83. The Balaban J connectivity index is 1.72. The first kappa shape index (κ1) is 12.2. The Kier molecular flexibility index (Phi) is 2.78. The number of ether oxygens (including phenoxy) is 1. The van der Waals surface area contributed by atoms with Crippen molar-refractivity contribution in [2.75, 3.05) is 13.2 Å². The molecule has 0 saturated carbocycles. The average Bonchev–Trinajstić information content (AvgIpc) is 2.77. The molecule has 3 rings (SSSR count). The molecule has 0 spiro atoms. The first-order chi connectivity index (χ1) is 9.08. The Morgan fingerprint density at radius 3 is 2.89 bits per heavy atom. The number of carbonyl (C=O) groups excluding carboxylic acids is 1. The molecule has 1 N–H and O–H groups in total. The Bertz CT molecular complexity index is 629. The van der Waals surface area contributed by atoms with Crippen molar-refractivity contribution in [3.05, 3.63) is 29.7 Å². The van der Waals surface area contributed by atoms with Crippen molar-refractivity contribution in [3.63, 3.8) is 0 Å². The molecular formula is C14H16N2O3. The van der Waals surface area contributed by atoms with Crippen LogP contribution in [0.5, 0.6) is 0 Å². The second-order valence-electron chi connectivity index (χ2n) is 5.27. The van der Waals surface area contributed by atoms with Crippen molar-refractivity contribution in [1.29, 1.82) is 0 Å². The van der Waals surface area contributed by atoms with Crippen molar-refractivity contribution in [3.8, 4) is 0 Å². The van der Waals surface area contributed by atoms with E-state index in [9.17, 15) is 4.79 Å². The number of amides is 1. The lowest BCUT2D eigenvalue weighted by Crippen LogP contribution is -2.51. The third-order valence-electron chi connectivity index (χ3n) is 3.45. The van der Waals surface area contributed by atoms with E-state index in [1.165, 1.54) is 0 Å². The van der Waals surface area contributed by atoms with Gasteiger partial charge >= 0.3 is 0 Å². The first-order valence-electron chi connectivity index (χ1n) is 6.30. The number of rotatable bonds is 3. The van der Waals surface area contributed by atoms with Crippen LogP contribution in [0.2, 0.25) is 0 Å². The quantitative estimate of drug-likeness (QED) is 0.913. The minimum Gasteiger partial charge on any atom is -0.439 e. The zero-order chi connectivity index (χ0) is 13.5. The van der Waals surface area contributed by atoms with Gasteiger partial charge in [-0.05, 0) is 25.5 Å². The summed E-state index contributed by atoms with van der Waals surface area (Å²) in [7, 11) is 0. The Morgan fingerprint density at radius 2 is 2.26 bits per heavy atom. The van der Waals surface area contributed by atoms with Gasteiger partial charge in [-0.25, -0.2) is 4.98 Å². The average molecular weight is 260 g/mol. The molecular weight excluding hydrogens is 244 g/mol. The van der Waals surface area contributed by atoms with Crippen LogP contribution < -0.4 is 5.32 Å². The van der Waals surface area contributed by atoms with E-state index in [1.807, 2.05) is 32.0 Å². The van der Waals surface area contributed by atoms with Crippen LogP contribution in [-0.2, 0) is 16.1 Å². The lowest BCUT2D eigenvalue weighted by atomic mass is 9.88. The maximum atomic E-state index is 11.9. The van der Waals surface area contributed by atoms with E-state index < -0.39 is 5.41 Å². The van der Waals surface area contributed by atoms with Crippen LogP contribution in [-0.4, -0.2) is 24.1 Å². The summed E-state index contributed by atoms with van der Waals surface area (Å²) < 4.78 is 10.7. The molecule has 2 aromatic rings. The Morgan fingerprint density at radius 1 is 1.47 bits per heavy atom. The van der Waals surface area contributed by atoms with E-state index in [4.69, 9.17) is 9.15 Å². The van der Waals surface area contributed by atoms with Gasteiger partial charge in [-0.3, -0.25) is 4.79 Å². The second kappa shape index (κ2) is 4.35. The maximum absolute atomic E-state index is 11.9. The highest BCUT2D eigenvalue weighted by Gasteiger charge is 2.40. The smallest absolute Gasteiger partial charge is 0.231 e. The van der Waals surface area contributed by atoms with E-state index in [-0.39, 0.29) is 5.91 Å². The fourth-order valence-corrected chi connectivity index (χ4v) is 2.12. The highest BCUT2D eigenvalue weighted by Crippen LogP contribution is 2.26. The molecule has 19 heavy (non-hydrogen) atoms. The van der Waals surface area contributed by atoms with Gasteiger partial charge in [0, 0.05) is 0 Å². The summed E-state index contributed by atoms with van der Waals surface area (Å²) in [6.45, 7) is 5.14. The van der Waals surface area contributed by atoms with Gasteiger partial charge in [0.2, 0.25) is 11.8 Å². The highest BCUT2D eigenvalue weighted by atomic mass is 16.5. The molecule has 0 aliphatic carbocycles. The summed E-state index contributed by atoms with van der Waals surface area (Å²) in [5.41, 5.74) is 2.27. The van der Waals surface area contributed by atoms with Gasteiger partial charge in [0.25, 0.3) is 0 Å².